The number of hydrogen-bond acceptors (Lipinski definition) is 7. The molecule has 0 unspecified atom stereocenters. The number of esters is 1. The van der Waals surface area contributed by atoms with Gasteiger partial charge in [0.25, 0.3) is 0 Å². The molecule has 0 aliphatic rings. The molecule has 0 fully saturated rings. The molecule has 0 rings (SSSR count). The number of amides is 1. The Bertz CT molecular complexity index is 423. The normalized spacial score (nSPS) is 11.6. The van der Waals surface area contributed by atoms with Crippen LogP contribution in [0, 0.1) is 0 Å². The molecule has 0 atom stereocenters. The van der Waals surface area contributed by atoms with Crippen LogP contribution in [0.2, 0.25) is 0 Å². The van der Waals surface area contributed by atoms with Crippen LogP contribution in [0.1, 0.15) is 12.8 Å². The molecule has 0 aromatic carbocycles. The second kappa shape index (κ2) is 10.5. The van der Waals surface area contributed by atoms with Gasteiger partial charge in [-0.25, -0.2) is 8.42 Å². The highest BCUT2D eigenvalue weighted by Gasteiger charge is 2.16. The minimum Gasteiger partial charge on any atom is -0.469 e. The number of sulfone groups is 1. The van der Waals surface area contributed by atoms with Crippen molar-refractivity contribution in [2.24, 2.45) is 5.73 Å². The van der Waals surface area contributed by atoms with E-state index in [0.717, 1.165) is 0 Å². The smallest absolute Gasteiger partial charge is 0.306 e. The van der Waals surface area contributed by atoms with Crippen molar-refractivity contribution >= 4 is 21.7 Å². The summed E-state index contributed by atoms with van der Waals surface area (Å²) in [7, 11) is -0.495. The van der Waals surface area contributed by atoms with Crippen LogP contribution >= 0.6 is 0 Å². The van der Waals surface area contributed by atoms with Crippen LogP contribution in [-0.4, -0.2) is 77.2 Å². The van der Waals surface area contributed by atoms with Crippen molar-refractivity contribution in [3.05, 3.63) is 0 Å². The summed E-state index contributed by atoms with van der Waals surface area (Å²) in [5, 5.41) is 0. The third kappa shape index (κ3) is 11.2. The Balaban J connectivity index is 4.31. The predicted octanol–water partition coefficient (Wildman–Crippen LogP) is -1.21. The zero-order valence-corrected chi connectivity index (χ0v) is 13.4. The highest BCUT2D eigenvalue weighted by Crippen LogP contribution is 1.99. The van der Waals surface area contributed by atoms with E-state index in [1.54, 1.807) is 7.11 Å². The van der Waals surface area contributed by atoms with Gasteiger partial charge in [0, 0.05) is 33.2 Å². The molecule has 0 radical (unpaired) electrons. The molecule has 0 aromatic rings. The van der Waals surface area contributed by atoms with E-state index in [-0.39, 0.29) is 36.9 Å². The van der Waals surface area contributed by atoms with Gasteiger partial charge in [0.1, 0.15) is 0 Å². The molecule has 0 heterocycles. The maximum Gasteiger partial charge on any atom is 0.306 e. The lowest BCUT2D eigenvalue weighted by atomic mass is 10.3. The molecule has 21 heavy (non-hydrogen) atoms. The molecular formula is C12H24N2O6S. The lowest BCUT2D eigenvalue weighted by Crippen LogP contribution is -2.35. The second-order valence-corrected chi connectivity index (χ2v) is 6.83. The molecule has 8 nitrogen and oxygen atoms in total. The zero-order valence-electron chi connectivity index (χ0n) is 12.5. The first kappa shape index (κ1) is 19.8. The van der Waals surface area contributed by atoms with Gasteiger partial charge in [-0.15, -0.1) is 0 Å². The molecule has 9 heteroatoms. The molecular weight excluding hydrogens is 300 g/mol. The molecule has 0 aliphatic heterocycles. The molecule has 1 amide bonds. The van der Waals surface area contributed by atoms with Crippen LogP contribution in [-0.2, 0) is 28.9 Å². The van der Waals surface area contributed by atoms with Crippen LogP contribution in [0.25, 0.3) is 0 Å². The Labute approximate surface area is 125 Å². The van der Waals surface area contributed by atoms with Crippen molar-refractivity contribution in [2.75, 3.05) is 52.0 Å². The van der Waals surface area contributed by atoms with Crippen LogP contribution in [0.5, 0.6) is 0 Å². The number of hydrogen-bond donors (Lipinski definition) is 1. The molecule has 2 N–H and O–H groups in total. The van der Waals surface area contributed by atoms with E-state index in [9.17, 15) is 18.0 Å². The minimum atomic E-state index is -3.34. The second-order valence-electron chi connectivity index (χ2n) is 4.53. The van der Waals surface area contributed by atoms with E-state index in [2.05, 4.69) is 4.74 Å². The van der Waals surface area contributed by atoms with Crippen LogP contribution in [0.3, 0.4) is 0 Å². The quantitative estimate of drug-likeness (QED) is 0.448. The first-order chi connectivity index (χ1) is 9.80. The highest BCUT2D eigenvalue weighted by atomic mass is 32.2. The highest BCUT2D eigenvalue weighted by molar-refractivity contribution is 7.91. The Hall–Kier alpha value is -1.19. The summed E-state index contributed by atoms with van der Waals surface area (Å²) in [5.74, 6) is -1.34. The Kier molecular flexibility index (Phi) is 9.93. The van der Waals surface area contributed by atoms with Crippen LogP contribution in [0.4, 0.5) is 0 Å². The van der Waals surface area contributed by atoms with Crippen molar-refractivity contribution in [2.45, 2.75) is 12.8 Å². The van der Waals surface area contributed by atoms with Gasteiger partial charge in [-0.1, -0.05) is 0 Å². The van der Waals surface area contributed by atoms with Crippen molar-refractivity contribution in [1.29, 1.82) is 0 Å². The lowest BCUT2D eigenvalue weighted by molar-refractivity contribution is -0.141. The summed E-state index contributed by atoms with van der Waals surface area (Å²) >= 11 is 0. The van der Waals surface area contributed by atoms with Gasteiger partial charge in [0.2, 0.25) is 5.91 Å². The number of carbonyl (C=O) groups is 2. The molecule has 0 spiro atoms. The zero-order chi connectivity index (χ0) is 16.3. The first-order valence-corrected chi connectivity index (χ1v) is 8.39. The Morgan fingerprint density at radius 1 is 1.05 bits per heavy atom. The van der Waals surface area contributed by atoms with Gasteiger partial charge in [0.15, 0.2) is 9.84 Å². The summed E-state index contributed by atoms with van der Waals surface area (Å²) in [6.45, 7) is 1.60. The van der Waals surface area contributed by atoms with Gasteiger partial charge in [-0.05, 0) is 0 Å². The van der Waals surface area contributed by atoms with E-state index >= 15 is 0 Å². The average Bonchev–Trinajstić information content (AvgIpc) is 2.44. The van der Waals surface area contributed by atoms with Crippen molar-refractivity contribution in [3.8, 4) is 0 Å². The minimum absolute atomic E-state index is 0.0921. The third-order valence-corrected chi connectivity index (χ3v) is 4.48. The summed E-state index contributed by atoms with van der Waals surface area (Å²) in [5.41, 5.74) is 4.94. The van der Waals surface area contributed by atoms with Gasteiger partial charge in [-0.2, -0.15) is 0 Å². The van der Waals surface area contributed by atoms with E-state index in [4.69, 9.17) is 10.5 Å². The van der Waals surface area contributed by atoms with Crippen molar-refractivity contribution < 1.29 is 27.5 Å². The lowest BCUT2D eigenvalue weighted by Gasteiger charge is -2.21. The molecule has 0 saturated heterocycles. The summed E-state index contributed by atoms with van der Waals surface area (Å²) in [6.07, 6.45) is 0.00408. The van der Waals surface area contributed by atoms with Crippen LogP contribution in [0.15, 0.2) is 0 Å². The number of primary amides is 1. The van der Waals surface area contributed by atoms with Gasteiger partial charge in [-0.3, -0.25) is 14.5 Å². The third-order valence-electron chi connectivity index (χ3n) is 2.85. The maximum absolute atomic E-state index is 11.8. The molecule has 0 bridgehead atoms. The average molecular weight is 324 g/mol. The predicted molar refractivity (Wildman–Crippen MR) is 77.4 cm³/mol. The topological polar surface area (TPSA) is 116 Å². The molecule has 0 saturated carbocycles. The fourth-order valence-corrected chi connectivity index (χ4v) is 2.79. The number of carbonyl (C=O) groups excluding carboxylic acids is 2. The Morgan fingerprint density at radius 3 is 2.24 bits per heavy atom. The van der Waals surface area contributed by atoms with E-state index < -0.39 is 15.7 Å². The Morgan fingerprint density at radius 2 is 1.71 bits per heavy atom. The van der Waals surface area contributed by atoms with E-state index in [1.165, 1.54) is 7.11 Å². The number of nitrogens with two attached hydrogens (primary N) is 1. The fraction of sp³-hybridized carbons (Fsp3) is 0.833. The fourth-order valence-electron chi connectivity index (χ4n) is 1.53. The number of rotatable bonds is 12. The number of ether oxygens (including phenoxy) is 2. The van der Waals surface area contributed by atoms with Crippen molar-refractivity contribution in [1.82, 2.24) is 4.90 Å². The summed E-state index contributed by atoms with van der Waals surface area (Å²) in [4.78, 5) is 23.5. The van der Waals surface area contributed by atoms with E-state index in [1.807, 2.05) is 4.90 Å². The van der Waals surface area contributed by atoms with Crippen LogP contribution < -0.4 is 5.73 Å². The van der Waals surface area contributed by atoms with Crippen molar-refractivity contribution in [3.63, 3.8) is 0 Å². The molecule has 0 aliphatic carbocycles. The SMILES string of the molecule is COCCN(CCC(=O)OC)CCS(=O)(=O)CCC(N)=O. The van der Waals surface area contributed by atoms with Gasteiger partial charge < -0.3 is 15.2 Å². The largest absolute Gasteiger partial charge is 0.469 e. The van der Waals surface area contributed by atoms with E-state index in [0.29, 0.717) is 19.7 Å². The number of methoxy groups -OCH3 is 2. The first-order valence-electron chi connectivity index (χ1n) is 6.57. The standard InChI is InChI=1S/C12H24N2O6S/c1-19-8-6-14(5-3-12(16)20-2)7-10-21(17,18)9-4-11(13)15/h3-10H2,1-2H3,(H2,13,15). The summed E-state index contributed by atoms with van der Waals surface area (Å²) in [6, 6.07) is 0. The summed E-state index contributed by atoms with van der Waals surface area (Å²) < 4.78 is 33.0. The van der Waals surface area contributed by atoms with Gasteiger partial charge >= 0.3 is 5.97 Å². The maximum atomic E-state index is 11.8. The number of nitrogens with zero attached hydrogens (tertiary/aromatic N) is 1. The molecule has 0 aromatic heterocycles. The van der Waals surface area contributed by atoms with Gasteiger partial charge in [0.05, 0.1) is 31.6 Å². The monoisotopic (exact) mass is 324 g/mol. The molecule has 124 valence electrons.